The van der Waals surface area contributed by atoms with E-state index in [-0.39, 0.29) is 53.3 Å². The molecule has 2 aliphatic rings. The Bertz CT molecular complexity index is 1060. The van der Waals surface area contributed by atoms with E-state index in [0.29, 0.717) is 0 Å². The van der Waals surface area contributed by atoms with Crippen LogP contribution in [0, 0.1) is 0 Å². The predicted octanol–water partition coefficient (Wildman–Crippen LogP) is 17.4. The second-order valence-corrected chi connectivity index (χ2v) is 33.6. The number of rotatable bonds is 34. The van der Waals surface area contributed by atoms with E-state index in [4.69, 9.17) is 27.8 Å². The maximum Gasteiger partial charge on any atom is 0.192 e. The van der Waals surface area contributed by atoms with Crippen molar-refractivity contribution in [1.82, 2.24) is 0 Å². The van der Waals surface area contributed by atoms with Crippen LogP contribution in [-0.4, -0.2) is 76.5 Å². The second-order valence-electron chi connectivity index (χ2n) is 24.1. The van der Waals surface area contributed by atoms with Crippen LogP contribution < -0.4 is 0 Å². The molecule has 1 N–H and O–H groups in total. The maximum absolute atomic E-state index is 10.1. The largest absolute Gasteiger partial charge is 0.411 e. The average molecular weight is 944 g/mol. The number of hydrogen-bond acceptors (Lipinski definition) is 7. The molecule has 0 aromatic rings. The molecule has 0 amide bonds. The number of aliphatic hydroxyl groups is 1. The molecule has 384 valence electrons. The third-order valence-corrected chi connectivity index (χ3v) is 24.0. The van der Waals surface area contributed by atoms with E-state index < -0.39 is 28.2 Å². The Morgan fingerprint density at radius 3 is 0.969 bits per heavy atom. The summed E-state index contributed by atoms with van der Waals surface area (Å²) < 4.78 is 38.6. The summed E-state index contributed by atoms with van der Waals surface area (Å²) in [6.45, 7) is 37.6. The normalized spacial score (nSPS) is 22.4. The Hall–Kier alpha value is 0.154. The minimum Gasteiger partial charge on any atom is -0.411 e. The minimum absolute atomic E-state index is 0.00459. The lowest BCUT2D eigenvalue weighted by molar-refractivity contribution is -0.156. The summed E-state index contributed by atoms with van der Waals surface area (Å²) in [5, 5.41) is 10.4. The maximum atomic E-state index is 10.1. The first-order valence-corrected chi connectivity index (χ1v) is 33.4. The highest BCUT2D eigenvalue weighted by atomic mass is 28.4. The van der Waals surface area contributed by atoms with Crippen molar-refractivity contribution in [3.8, 4) is 0 Å². The van der Waals surface area contributed by atoms with E-state index in [2.05, 4.69) is 102 Å². The molecule has 2 aliphatic heterocycles. The quantitative estimate of drug-likeness (QED) is 0.0509. The smallest absolute Gasteiger partial charge is 0.192 e. The van der Waals surface area contributed by atoms with Gasteiger partial charge in [-0.15, -0.1) is 0 Å². The Kier molecular flexibility index (Phi) is 30.5. The summed E-state index contributed by atoms with van der Waals surface area (Å²) in [7, 11) is -3.84. The molecular formula is C55H114O7Si2. The van der Waals surface area contributed by atoms with Gasteiger partial charge in [0.15, 0.2) is 28.2 Å². The summed E-state index contributed by atoms with van der Waals surface area (Å²) in [6.07, 6.45) is 35.7. The second kappa shape index (κ2) is 31.4. The number of aliphatic hydroxyl groups excluding tert-OH is 1. The van der Waals surface area contributed by atoms with E-state index in [0.717, 1.165) is 25.7 Å². The molecule has 0 aliphatic carbocycles. The van der Waals surface area contributed by atoms with Crippen molar-refractivity contribution in [1.29, 1.82) is 0 Å². The fraction of sp³-hybridized carbons (Fsp3) is 1.00. The van der Waals surface area contributed by atoms with Crippen LogP contribution in [0.1, 0.15) is 263 Å². The third kappa shape index (κ3) is 25.1. The number of hydrogen-bond donors (Lipinski definition) is 1. The highest BCUT2D eigenvalue weighted by molar-refractivity contribution is 6.74. The molecule has 0 saturated carbocycles. The molecular weight excluding hydrogens is 829 g/mol. The molecule has 0 aromatic carbocycles. The molecule has 7 nitrogen and oxygen atoms in total. The molecule has 6 atom stereocenters. The van der Waals surface area contributed by atoms with Crippen LogP contribution in [0.25, 0.3) is 0 Å². The van der Waals surface area contributed by atoms with Crippen molar-refractivity contribution in [2.45, 2.75) is 348 Å². The minimum atomic E-state index is -2.00. The van der Waals surface area contributed by atoms with Gasteiger partial charge in [0.05, 0.1) is 31.0 Å². The van der Waals surface area contributed by atoms with Crippen LogP contribution in [0.4, 0.5) is 0 Å². The van der Waals surface area contributed by atoms with Crippen LogP contribution in [-0.2, 0) is 27.8 Å². The van der Waals surface area contributed by atoms with Gasteiger partial charge in [-0.3, -0.25) is 0 Å². The molecule has 0 bridgehead atoms. The Morgan fingerprint density at radius 2 is 0.703 bits per heavy atom. The van der Waals surface area contributed by atoms with Gasteiger partial charge in [0.1, 0.15) is 12.2 Å². The molecule has 0 spiro atoms. The fourth-order valence-electron chi connectivity index (χ4n) is 8.88. The lowest BCUT2D eigenvalue weighted by Gasteiger charge is -2.41. The zero-order valence-corrected chi connectivity index (χ0v) is 48.2. The Balaban J connectivity index is 0.000000640. The van der Waals surface area contributed by atoms with E-state index >= 15 is 0 Å². The lowest BCUT2D eigenvalue weighted by Crippen LogP contribution is -2.50. The molecule has 9 heteroatoms. The van der Waals surface area contributed by atoms with Crippen LogP contribution in [0.3, 0.4) is 0 Å². The lowest BCUT2D eigenvalue weighted by atomic mass is 9.99. The highest BCUT2D eigenvalue weighted by Gasteiger charge is 2.49. The van der Waals surface area contributed by atoms with Gasteiger partial charge in [-0.1, -0.05) is 216 Å². The zero-order chi connectivity index (χ0) is 48.5. The van der Waals surface area contributed by atoms with Gasteiger partial charge < -0.3 is 32.9 Å². The van der Waals surface area contributed by atoms with Crippen LogP contribution in [0.2, 0.25) is 36.3 Å². The first kappa shape index (κ1) is 62.2. The van der Waals surface area contributed by atoms with Gasteiger partial charge in [0.25, 0.3) is 0 Å². The standard InChI is InChI=1S/C28H58O3Si.C27H56O4Si/c1-10-12-13-14-15-16-17-18-19-20-21-22-23-25-26(30-28(6,7)29-25)24(11-2)31-32(8,9)27(3,4)5;1-9-10-11-12-13-14-15-16-17-18-19-20-21-23-25(30-27(5,6)29-23)24(22-28)31-32(7,8)26(2,3)4/h24-26H,10-23H2,1-9H3;23-25,28H,9-22H2,1-8H3/t24-,25+,26-;23-,24+,25-/m01/s1. The average Bonchev–Trinajstić information content (AvgIpc) is 3.68. The van der Waals surface area contributed by atoms with E-state index in [1.807, 2.05) is 13.8 Å². The van der Waals surface area contributed by atoms with Gasteiger partial charge in [-0.25, -0.2) is 0 Å². The first-order chi connectivity index (χ1) is 29.9. The summed E-state index contributed by atoms with van der Waals surface area (Å²) in [4.78, 5) is 0. The van der Waals surface area contributed by atoms with Gasteiger partial charge in [0.2, 0.25) is 0 Å². The monoisotopic (exact) mass is 943 g/mol. The molecule has 0 radical (unpaired) electrons. The van der Waals surface area contributed by atoms with E-state index in [1.165, 1.54) is 148 Å². The summed E-state index contributed by atoms with van der Waals surface area (Å²) >= 11 is 0. The van der Waals surface area contributed by atoms with Crippen molar-refractivity contribution < 1.29 is 32.9 Å². The van der Waals surface area contributed by atoms with Crippen LogP contribution >= 0.6 is 0 Å². The van der Waals surface area contributed by atoms with Crippen LogP contribution in [0.5, 0.6) is 0 Å². The zero-order valence-electron chi connectivity index (χ0n) is 46.2. The molecule has 0 aromatic heterocycles. The topological polar surface area (TPSA) is 75.6 Å². The summed E-state index contributed by atoms with van der Waals surface area (Å²) in [6, 6.07) is 0. The summed E-state index contributed by atoms with van der Waals surface area (Å²) in [5.74, 6) is -1.12. The van der Waals surface area contributed by atoms with Crippen molar-refractivity contribution >= 4 is 16.6 Å². The molecule has 2 rings (SSSR count). The van der Waals surface area contributed by atoms with Crippen molar-refractivity contribution in [3.63, 3.8) is 0 Å². The third-order valence-electron chi connectivity index (χ3n) is 14.9. The first-order valence-electron chi connectivity index (χ1n) is 27.5. The number of ether oxygens (including phenoxy) is 4. The molecule has 0 unspecified atom stereocenters. The molecule has 2 fully saturated rings. The number of unbranched alkanes of at least 4 members (excludes halogenated alkanes) is 22. The Morgan fingerprint density at radius 1 is 0.438 bits per heavy atom. The molecule has 64 heavy (non-hydrogen) atoms. The fourth-order valence-corrected chi connectivity index (χ4v) is 11.6. The van der Waals surface area contributed by atoms with E-state index in [1.54, 1.807) is 0 Å². The van der Waals surface area contributed by atoms with Crippen LogP contribution in [0.15, 0.2) is 0 Å². The predicted molar refractivity (Wildman–Crippen MR) is 281 cm³/mol. The van der Waals surface area contributed by atoms with Crippen molar-refractivity contribution in [2.24, 2.45) is 0 Å². The summed E-state index contributed by atoms with van der Waals surface area (Å²) in [5.41, 5.74) is 0. The molecule has 2 saturated heterocycles. The van der Waals surface area contributed by atoms with E-state index in [9.17, 15) is 5.11 Å². The van der Waals surface area contributed by atoms with Gasteiger partial charge in [0, 0.05) is 0 Å². The van der Waals surface area contributed by atoms with Gasteiger partial charge in [-0.2, -0.15) is 0 Å². The Labute approximate surface area is 402 Å². The SMILES string of the molecule is CCCCCCCCCCCCCC[C@H]1OC(C)(C)O[C@H]1[C@H](CC)O[Si](C)(C)C(C)(C)C.CCCCCCCCCCCCCC[C@H]1OC(C)(C)O[C@H]1[C@H](CO)O[Si](C)(C)C(C)(C)C. The van der Waals surface area contributed by atoms with Crippen molar-refractivity contribution in [3.05, 3.63) is 0 Å². The molecule has 2 heterocycles. The van der Waals surface area contributed by atoms with Crippen molar-refractivity contribution in [2.75, 3.05) is 6.61 Å². The van der Waals surface area contributed by atoms with Gasteiger partial charge in [-0.05, 0) is 83.2 Å². The highest BCUT2D eigenvalue weighted by Crippen LogP contribution is 2.42. The van der Waals surface area contributed by atoms with Gasteiger partial charge >= 0.3 is 0 Å².